The average Bonchev–Trinajstić information content (AvgIpc) is 2.31. The van der Waals surface area contributed by atoms with E-state index in [1.54, 1.807) is 7.11 Å². The molecule has 0 aromatic carbocycles. The topological polar surface area (TPSA) is 74.8 Å². The number of nitrogens with zero attached hydrogens (tertiary/aromatic N) is 1. The molecule has 0 aliphatic heterocycles. The molecular formula is C12H27IN4O2. The molecule has 0 unspecified atom stereocenters. The highest BCUT2D eigenvalue weighted by Crippen LogP contribution is 2.06. The predicted octanol–water partition coefficient (Wildman–Crippen LogP) is 0.721. The van der Waals surface area contributed by atoms with Crippen molar-refractivity contribution in [3.8, 4) is 0 Å². The Morgan fingerprint density at radius 3 is 2.26 bits per heavy atom. The van der Waals surface area contributed by atoms with Gasteiger partial charge in [-0.3, -0.25) is 9.79 Å². The number of carbonyl (C=O) groups is 1. The van der Waals surface area contributed by atoms with Crippen LogP contribution in [0.3, 0.4) is 0 Å². The van der Waals surface area contributed by atoms with Crippen LogP contribution in [0.1, 0.15) is 27.7 Å². The van der Waals surface area contributed by atoms with Crippen molar-refractivity contribution in [1.82, 2.24) is 16.0 Å². The van der Waals surface area contributed by atoms with Gasteiger partial charge in [-0.05, 0) is 20.8 Å². The minimum absolute atomic E-state index is 0. The standard InChI is InChI=1S/C12H26N4O2.HI/c1-6-13-11(15-8-7-14-10(2)17)16-9-12(3,4)18-5;/h6-9H2,1-5H3,(H,14,17)(H2,13,15,16);1H. The molecule has 0 bridgehead atoms. The SMILES string of the molecule is CCNC(=NCC(C)(C)OC)NCCNC(C)=O.I. The van der Waals surface area contributed by atoms with Crippen molar-refractivity contribution in [3.63, 3.8) is 0 Å². The Bertz CT molecular complexity index is 283. The minimum atomic E-state index is -0.278. The molecule has 1 amide bonds. The molecule has 0 spiro atoms. The molecule has 114 valence electrons. The van der Waals surface area contributed by atoms with Gasteiger partial charge in [0.05, 0.1) is 12.1 Å². The van der Waals surface area contributed by atoms with Crippen LogP contribution in [0.25, 0.3) is 0 Å². The highest BCUT2D eigenvalue weighted by Gasteiger charge is 2.15. The van der Waals surface area contributed by atoms with Gasteiger partial charge in [0.1, 0.15) is 0 Å². The summed E-state index contributed by atoms with van der Waals surface area (Å²) in [6.45, 7) is 10.0. The highest BCUT2D eigenvalue weighted by atomic mass is 127. The molecule has 0 radical (unpaired) electrons. The number of halogens is 1. The lowest BCUT2D eigenvalue weighted by atomic mass is 10.1. The van der Waals surface area contributed by atoms with Crippen LogP contribution in [0.15, 0.2) is 4.99 Å². The van der Waals surface area contributed by atoms with Gasteiger partial charge in [0, 0.05) is 33.7 Å². The molecule has 0 heterocycles. The van der Waals surface area contributed by atoms with E-state index in [-0.39, 0.29) is 35.5 Å². The third-order valence-corrected chi connectivity index (χ3v) is 2.31. The average molecular weight is 386 g/mol. The second-order valence-corrected chi connectivity index (χ2v) is 4.57. The molecule has 0 saturated heterocycles. The van der Waals surface area contributed by atoms with E-state index in [2.05, 4.69) is 20.9 Å². The van der Waals surface area contributed by atoms with Crippen LogP contribution in [0, 0.1) is 0 Å². The zero-order valence-corrected chi connectivity index (χ0v) is 14.8. The maximum atomic E-state index is 10.7. The Morgan fingerprint density at radius 1 is 1.21 bits per heavy atom. The Morgan fingerprint density at radius 2 is 1.79 bits per heavy atom. The van der Waals surface area contributed by atoms with Crippen LogP contribution in [-0.2, 0) is 9.53 Å². The summed E-state index contributed by atoms with van der Waals surface area (Å²) in [5.41, 5.74) is -0.278. The summed E-state index contributed by atoms with van der Waals surface area (Å²) in [7, 11) is 1.67. The molecule has 0 atom stereocenters. The zero-order chi connectivity index (χ0) is 14.0. The normalized spacial score (nSPS) is 11.5. The number of hydrogen-bond donors (Lipinski definition) is 3. The molecule has 19 heavy (non-hydrogen) atoms. The summed E-state index contributed by atoms with van der Waals surface area (Å²) in [6.07, 6.45) is 0. The van der Waals surface area contributed by atoms with Gasteiger partial charge in [0.15, 0.2) is 5.96 Å². The Balaban J connectivity index is 0. The lowest BCUT2D eigenvalue weighted by Crippen LogP contribution is -2.42. The molecule has 3 N–H and O–H groups in total. The van der Waals surface area contributed by atoms with E-state index in [0.29, 0.717) is 19.6 Å². The monoisotopic (exact) mass is 386 g/mol. The van der Waals surface area contributed by atoms with Gasteiger partial charge in [0.25, 0.3) is 0 Å². The van der Waals surface area contributed by atoms with Crippen LogP contribution >= 0.6 is 24.0 Å². The summed E-state index contributed by atoms with van der Waals surface area (Å²) in [6, 6.07) is 0. The Labute approximate surface area is 133 Å². The summed E-state index contributed by atoms with van der Waals surface area (Å²) < 4.78 is 5.30. The number of rotatable bonds is 7. The fourth-order valence-corrected chi connectivity index (χ4v) is 1.10. The molecule has 0 aromatic heterocycles. The summed E-state index contributed by atoms with van der Waals surface area (Å²) in [5, 5.41) is 9.00. The van der Waals surface area contributed by atoms with E-state index in [4.69, 9.17) is 4.74 Å². The fraction of sp³-hybridized carbons (Fsp3) is 0.833. The number of amides is 1. The smallest absolute Gasteiger partial charge is 0.216 e. The van der Waals surface area contributed by atoms with E-state index in [1.165, 1.54) is 6.92 Å². The Hall–Kier alpha value is -0.570. The van der Waals surface area contributed by atoms with Gasteiger partial charge in [-0.2, -0.15) is 0 Å². The van der Waals surface area contributed by atoms with Crippen molar-refractivity contribution >= 4 is 35.8 Å². The van der Waals surface area contributed by atoms with Gasteiger partial charge in [0.2, 0.25) is 5.91 Å². The largest absolute Gasteiger partial charge is 0.377 e. The van der Waals surface area contributed by atoms with E-state index >= 15 is 0 Å². The fourth-order valence-electron chi connectivity index (χ4n) is 1.10. The first-order chi connectivity index (χ1) is 8.41. The van der Waals surface area contributed by atoms with Crippen molar-refractivity contribution < 1.29 is 9.53 Å². The van der Waals surface area contributed by atoms with E-state index < -0.39 is 0 Å². The molecule has 0 aliphatic rings. The van der Waals surface area contributed by atoms with Gasteiger partial charge in [-0.25, -0.2) is 0 Å². The summed E-state index contributed by atoms with van der Waals surface area (Å²) in [5.74, 6) is 0.701. The third kappa shape index (κ3) is 12.2. The van der Waals surface area contributed by atoms with Crippen molar-refractivity contribution in [1.29, 1.82) is 0 Å². The second-order valence-electron chi connectivity index (χ2n) is 4.57. The summed E-state index contributed by atoms with van der Waals surface area (Å²) in [4.78, 5) is 15.1. The molecule has 0 aromatic rings. The number of carbonyl (C=O) groups excluding carboxylic acids is 1. The molecule has 0 rings (SSSR count). The van der Waals surface area contributed by atoms with Crippen LogP contribution < -0.4 is 16.0 Å². The Kier molecular flexibility index (Phi) is 12.3. The number of hydrogen-bond acceptors (Lipinski definition) is 3. The quantitative estimate of drug-likeness (QED) is 0.261. The van der Waals surface area contributed by atoms with Gasteiger partial charge >= 0.3 is 0 Å². The molecule has 6 nitrogen and oxygen atoms in total. The van der Waals surface area contributed by atoms with Crippen LogP contribution in [0.4, 0.5) is 0 Å². The van der Waals surface area contributed by atoms with Crippen molar-refractivity contribution in [2.75, 3.05) is 33.3 Å². The lowest BCUT2D eigenvalue weighted by molar-refractivity contribution is -0.118. The molecule has 0 fully saturated rings. The van der Waals surface area contributed by atoms with Gasteiger partial charge < -0.3 is 20.7 Å². The molecular weight excluding hydrogens is 359 g/mol. The molecule has 0 saturated carbocycles. The van der Waals surface area contributed by atoms with Crippen LogP contribution in [0.5, 0.6) is 0 Å². The minimum Gasteiger partial charge on any atom is -0.377 e. The van der Waals surface area contributed by atoms with Crippen molar-refractivity contribution in [2.45, 2.75) is 33.3 Å². The van der Waals surface area contributed by atoms with Crippen molar-refractivity contribution in [3.05, 3.63) is 0 Å². The lowest BCUT2D eigenvalue weighted by Gasteiger charge is -2.21. The maximum absolute atomic E-state index is 10.7. The zero-order valence-electron chi connectivity index (χ0n) is 12.5. The second kappa shape index (κ2) is 11.3. The number of methoxy groups -OCH3 is 1. The van der Waals surface area contributed by atoms with E-state index in [1.807, 2.05) is 20.8 Å². The van der Waals surface area contributed by atoms with Crippen LogP contribution in [0.2, 0.25) is 0 Å². The number of nitrogens with one attached hydrogen (secondary N) is 3. The van der Waals surface area contributed by atoms with E-state index in [0.717, 1.165) is 12.5 Å². The highest BCUT2D eigenvalue weighted by molar-refractivity contribution is 14.0. The molecule has 0 aliphatic carbocycles. The van der Waals surface area contributed by atoms with Gasteiger partial charge in [-0.15, -0.1) is 24.0 Å². The van der Waals surface area contributed by atoms with Crippen LogP contribution in [-0.4, -0.2) is 50.8 Å². The van der Waals surface area contributed by atoms with E-state index in [9.17, 15) is 4.79 Å². The predicted molar refractivity (Wildman–Crippen MR) is 89.2 cm³/mol. The first-order valence-corrected chi connectivity index (χ1v) is 6.23. The third-order valence-electron chi connectivity index (χ3n) is 2.31. The number of ether oxygens (including phenoxy) is 1. The number of guanidine groups is 1. The molecule has 7 heteroatoms. The maximum Gasteiger partial charge on any atom is 0.216 e. The number of aliphatic imine (C=N–C) groups is 1. The summed E-state index contributed by atoms with van der Waals surface area (Å²) >= 11 is 0. The first kappa shape index (κ1) is 20.7. The van der Waals surface area contributed by atoms with Gasteiger partial charge in [-0.1, -0.05) is 0 Å². The first-order valence-electron chi connectivity index (χ1n) is 6.23. The van der Waals surface area contributed by atoms with Crippen molar-refractivity contribution in [2.24, 2.45) is 4.99 Å².